The molecule has 0 bridgehead atoms. The summed E-state index contributed by atoms with van der Waals surface area (Å²) in [6.45, 7) is 8.63. The van der Waals surface area contributed by atoms with Gasteiger partial charge in [-0.25, -0.2) is 0 Å². The van der Waals surface area contributed by atoms with E-state index in [0.717, 1.165) is 37.4 Å². The molecule has 1 aliphatic rings. The average molecular weight is 342 g/mol. The average Bonchev–Trinajstić information content (AvgIpc) is 2.61. The highest BCUT2D eigenvalue weighted by molar-refractivity contribution is 5.94. The molecule has 0 spiro atoms. The summed E-state index contributed by atoms with van der Waals surface area (Å²) in [5, 5.41) is 9.15. The van der Waals surface area contributed by atoms with E-state index in [4.69, 9.17) is 5.26 Å². The third-order valence-corrected chi connectivity index (χ3v) is 4.86. The van der Waals surface area contributed by atoms with Crippen LogP contribution in [0.2, 0.25) is 0 Å². The van der Waals surface area contributed by atoms with Gasteiger partial charge in [-0.05, 0) is 45.0 Å². The van der Waals surface area contributed by atoms with Crippen LogP contribution in [0.25, 0.3) is 0 Å². The van der Waals surface area contributed by atoms with Gasteiger partial charge in [-0.1, -0.05) is 0 Å². The standard InChI is InChI=1S/C19H26N4O2/c1-15(24)16-5-7-17(8-6-16)23-11-9-22(10-12-23)13-18(25)21(4)19(2,3)14-20/h5-8H,9-13H2,1-4H3. The zero-order valence-electron chi connectivity index (χ0n) is 15.5. The number of anilines is 1. The maximum absolute atomic E-state index is 12.4. The quantitative estimate of drug-likeness (QED) is 0.763. The van der Waals surface area contributed by atoms with Gasteiger partial charge in [0.15, 0.2) is 5.78 Å². The second kappa shape index (κ2) is 7.66. The lowest BCUT2D eigenvalue weighted by Crippen LogP contribution is -2.52. The number of nitriles is 1. The first-order valence-corrected chi connectivity index (χ1v) is 8.51. The van der Waals surface area contributed by atoms with Crippen LogP contribution in [0.15, 0.2) is 24.3 Å². The summed E-state index contributed by atoms with van der Waals surface area (Å²) in [5.74, 6) is 0.0325. The highest BCUT2D eigenvalue weighted by atomic mass is 16.2. The van der Waals surface area contributed by atoms with Crippen LogP contribution in [-0.4, -0.2) is 66.8 Å². The summed E-state index contributed by atoms with van der Waals surface area (Å²) in [5.41, 5.74) is 1.02. The number of nitrogens with zero attached hydrogens (tertiary/aromatic N) is 4. The summed E-state index contributed by atoms with van der Waals surface area (Å²) in [6.07, 6.45) is 0. The molecule has 0 atom stereocenters. The van der Waals surface area contributed by atoms with Gasteiger partial charge < -0.3 is 9.80 Å². The summed E-state index contributed by atoms with van der Waals surface area (Å²) >= 11 is 0. The van der Waals surface area contributed by atoms with Crippen LogP contribution in [0.3, 0.4) is 0 Å². The highest BCUT2D eigenvalue weighted by Gasteiger charge is 2.29. The van der Waals surface area contributed by atoms with Crippen molar-refractivity contribution in [1.82, 2.24) is 9.80 Å². The Hall–Kier alpha value is -2.39. The van der Waals surface area contributed by atoms with Crippen molar-refractivity contribution in [2.24, 2.45) is 0 Å². The first-order chi connectivity index (χ1) is 11.7. The molecule has 1 saturated heterocycles. The van der Waals surface area contributed by atoms with Gasteiger partial charge in [-0.15, -0.1) is 0 Å². The van der Waals surface area contributed by atoms with Crippen LogP contribution in [0.4, 0.5) is 5.69 Å². The molecule has 1 heterocycles. The molecule has 1 aromatic rings. The van der Waals surface area contributed by atoms with E-state index in [0.29, 0.717) is 6.54 Å². The van der Waals surface area contributed by atoms with E-state index in [1.165, 1.54) is 4.90 Å². The Kier molecular flexibility index (Phi) is 5.81. The lowest BCUT2D eigenvalue weighted by Gasteiger charge is -2.37. The maximum Gasteiger partial charge on any atom is 0.237 e. The number of carbonyl (C=O) groups excluding carboxylic acids is 2. The summed E-state index contributed by atoms with van der Waals surface area (Å²) in [6, 6.07) is 9.81. The Morgan fingerprint density at radius 3 is 2.20 bits per heavy atom. The van der Waals surface area contributed by atoms with E-state index in [-0.39, 0.29) is 11.7 Å². The van der Waals surface area contributed by atoms with Crippen molar-refractivity contribution >= 4 is 17.4 Å². The van der Waals surface area contributed by atoms with Gasteiger partial charge in [0.1, 0.15) is 5.54 Å². The fourth-order valence-corrected chi connectivity index (χ4v) is 2.76. The molecular weight excluding hydrogens is 316 g/mol. The van der Waals surface area contributed by atoms with Crippen molar-refractivity contribution in [2.75, 3.05) is 44.7 Å². The smallest absolute Gasteiger partial charge is 0.237 e. The van der Waals surface area contributed by atoms with Crippen molar-refractivity contribution in [3.63, 3.8) is 0 Å². The molecule has 1 aliphatic heterocycles. The number of Topliss-reactive ketones (excluding diaryl/α,β-unsaturated/α-hetero) is 1. The topological polar surface area (TPSA) is 67.7 Å². The molecule has 25 heavy (non-hydrogen) atoms. The van der Waals surface area contributed by atoms with Gasteiger partial charge in [0, 0.05) is 44.5 Å². The lowest BCUT2D eigenvalue weighted by atomic mass is 10.1. The SMILES string of the molecule is CC(=O)c1ccc(N2CCN(CC(=O)N(C)C(C)(C)C#N)CC2)cc1. The molecule has 0 saturated carbocycles. The second-order valence-electron chi connectivity index (χ2n) is 6.99. The molecule has 134 valence electrons. The van der Waals surface area contributed by atoms with Crippen molar-refractivity contribution in [2.45, 2.75) is 26.3 Å². The molecule has 0 unspecified atom stereocenters. The van der Waals surface area contributed by atoms with Crippen molar-refractivity contribution in [1.29, 1.82) is 5.26 Å². The Morgan fingerprint density at radius 1 is 1.16 bits per heavy atom. The number of ketones is 1. The molecule has 0 aromatic heterocycles. The number of hydrogen-bond donors (Lipinski definition) is 0. The summed E-state index contributed by atoms with van der Waals surface area (Å²) in [4.78, 5) is 29.6. The first-order valence-electron chi connectivity index (χ1n) is 8.51. The Bertz CT molecular complexity index is 668. The number of amides is 1. The molecule has 0 aliphatic carbocycles. The van der Waals surface area contributed by atoms with E-state index in [1.54, 1.807) is 27.8 Å². The van der Waals surface area contributed by atoms with E-state index in [9.17, 15) is 9.59 Å². The van der Waals surface area contributed by atoms with E-state index < -0.39 is 5.54 Å². The van der Waals surface area contributed by atoms with Crippen molar-refractivity contribution in [3.8, 4) is 6.07 Å². The largest absolute Gasteiger partial charge is 0.369 e. The van der Waals surface area contributed by atoms with Crippen molar-refractivity contribution in [3.05, 3.63) is 29.8 Å². The van der Waals surface area contributed by atoms with Crippen LogP contribution in [0.5, 0.6) is 0 Å². The Balaban J connectivity index is 1.88. The van der Waals surface area contributed by atoms with Gasteiger partial charge in [0.05, 0.1) is 12.6 Å². The number of carbonyl (C=O) groups is 2. The Labute approximate surface area is 149 Å². The Morgan fingerprint density at radius 2 is 1.72 bits per heavy atom. The predicted octanol–water partition coefficient (Wildman–Crippen LogP) is 1.77. The zero-order chi connectivity index (χ0) is 18.6. The molecule has 1 aromatic carbocycles. The van der Waals surface area contributed by atoms with Gasteiger partial charge in [0.2, 0.25) is 5.91 Å². The molecule has 6 heteroatoms. The van der Waals surface area contributed by atoms with E-state index >= 15 is 0 Å². The number of piperazine rings is 1. The highest BCUT2D eigenvalue weighted by Crippen LogP contribution is 2.18. The molecular formula is C19H26N4O2. The molecule has 1 amide bonds. The maximum atomic E-state index is 12.4. The van der Waals surface area contributed by atoms with Crippen LogP contribution >= 0.6 is 0 Å². The third kappa shape index (κ3) is 4.58. The molecule has 1 fully saturated rings. The minimum Gasteiger partial charge on any atom is -0.369 e. The number of likely N-dealkylation sites (N-methyl/N-ethyl adjacent to an activating group) is 1. The number of rotatable bonds is 5. The number of benzene rings is 1. The van der Waals surface area contributed by atoms with Gasteiger partial charge in [-0.2, -0.15) is 5.26 Å². The van der Waals surface area contributed by atoms with Crippen LogP contribution < -0.4 is 4.90 Å². The lowest BCUT2D eigenvalue weighted by molar-refractivity contribution is -0.134. The minimum atomic E-state index is -0.794. The molecule has 0 N–H and O–H groups in total. The predicted molar refractivity (Wildman–Crippen MR) is 97.6 cm³/mol. The van der Waals surface area contributed by atoms with E-state index in [1.807, 2.05) is 24.3 Å². The fraction of sp³-hybridized carbons (Fsp3) is 0.526. The molecule has 0 radical (unpaired) electrons. The first kappa shape index (κ1) is 18.9. The van der Waals surface area contributed by atoms with Gasteiger partial charge in [-0.3, -0.25) is 14.5 Å². The minimum absolute atomic E-state index is 0.0363. The van der Waals surface area contributed by atoms with Crippen LogP contribution in [-0.2, 0) is 4.79 Å². The normalized spacial score (nSPS) is 15.6. The fourth-order valence-electron chi connectivity index (χ4n) is 2.76. The zero-order valence-corrected chi connectivity index (χ0v) is 15.5. The number of hydrogen-bond acceptors (Lipinski definition) is 5. The molecule has 2 rings (SSSR count). The summed E-state index contributed by atoms with van der Waals surface area (Å²) in [7, 11) is 1.68. The van der Waals surface area contributed by atoms with Crippen LogP contribution in [0, 0.1) is 11.3 Å². The summed E-state index contributed by atoms with van der Waals surface area (Å²) < 4.78 is 0. The molecule has 6 nitrogen and oxygen atoms in total. The van der Waals surface area contributed by atoms with Crippen LogP contribution in [0.1, 0.15) is 31.1 Å². The third-order valence-electron chi connectivity index (χ3n) is 4.86. The van der Waals surface area contributed by atoms with Crippen molar-refractivity contribution < 1.29 is 9.59 Å². The second-order valence-corrected chi connectivity index (χ2v) is 6.99. The monoisotopic (exact) mass is 342 g/mol. The van der Waals surface area contributed by atoms with Gasteiger partial charge in [0.25, 0.3) is 0 Å². The van der Waals surface area contributed by atoms with E-state index in [2.05, 4.69) is 15.9 Å². The van der Waals surface area contributed by atoms with Gasteiger partial charge >= 0.3 is 0 Å².